The topological polar surface area (TPSA) is 29.3 Å². The van der Waals surface area contributed by atoms with Crippen LogP contribution in [0.15, 0.2) is 24.3 Å². The second kappa shape index (κ2) is 6.93. The van der Waals surface area contributed by atoms with E-state index < -0.39 is 0 Å². The summed E-state index contributed by atoms with van der Waals surface area (Å²) in [5.41, 5.74) is 8.59. The average Bonchev–Trinajstić information content (AvgIpc) is 2.55. The molecule has 3 rings (SSSR count). The van der Waals surface area contributed by atoms with Crippen LogP contribution in [0, 0.1) is 5.92 Å². The fourth-order valence-electron chi connectivity index (χ4n) is 4.25. The molecule has 0 radical (unpaired) electrons. The molecule has 1 aromatic carbocycles. The highest BCUT2D eigenvalue weighted by molar-refractivity contribution is 5.25. The molecule has 1 heterocycles. The van der Waals surface area contributed by atoms with E-state index in [1.807, 2.05) is 0 Å². The molecule has 116 valence electrons. The summed E-state index contributed by atoms with van der Waals surface area (Å²) in [6.07, 6.45) is 8.64. The van der Waals surface area contributed by atoms with Gasteiger partial charge in [0.25, 0.3) is 0 Å². The van der Waals surface area contributed by atoms with Gasteiger partial charge in [0.05, 0.1) is 0 Å². The molecule has 0 spiro atoms. The first-order valence-electron chi connectivity index (χ1n) is 8.81. The lowest BCUT2D eigenvalue weighted by atomic mass is 9.78. The monoisotopic (exact) mass is 286 g/mol. The van der Waals surface area contributed by atoms with Crippen LogP contribution in [0.2, 0.25) is 0 Å². The maximum atomic E-state index is 5.76. The van der Waals surface area contributed by atoms with Crippen LogP contribution >= 0.6 is 0 Å². The smallest absolute Gasteiger partial charge is 0.0236 e. The first-order chi connectivity index (χ1) is 10.3. The van der Waals surface area contributed by atoms with Crippen LogP contribution in [0.25, 0.3) is 0 Å². The summed E-state index contributed by atoms with van der Waals surface area (Å²) in [5.74, 6) is 1.45. The van der Waals surface area contributed by atoms with Gasteiger partial charge in [-0.25, -0.2) is 0 Å². The number of nitrogens with two attached hydrogens (primary N) is 1. The number of benzene rings is 1. The quantitative estimate of drug-likeness (QED) is 0.909. The van der Waals surface area contributed by atoms with Crippen molar-refractivity contribution in [3.05, 3.63) is 35.4 Å². The molecule has 21 heavy (non-hydrogen) atoms. The van der Waals surface area contributed by atoms with E-state index in [-0.39, 0.29) is 0 Å². The fraction of sp³-hybridized carbons (Fsp3) is 0.684. The molecule has 2 fully saturated rings. The van der Waals surface area contributed by atoms with Crippen molar-refractivity contribution >= 4 is 0 Å². The molecule has 0 bridgehead atoms. The third-order valence-corrected chi connectivity index (χ3v) is 5.65. The first kappa shape index (κ1) is 15.1. The Balaban J connectivity index is 1.65. The lowest BCUT2D eigenvalue weighted by Gasteiger charge is -2.44. The number of hydrogen-bond acceptors (Lipinski definition) is 2. The molecule has 1 aliphatic heterocycles. The van der Waals surface area contributed by atoms with Crippen molar-refractivity contribution in [3.8, 4) is 0 Å². The maximum absolute atomic E-state index is 5.76. The van der Waals surface area contributed by atoms with E-state index in [0.717, 1.165) is 25.0 Å². The Labute approximate surface area is 129 Å². The largest absolute Gasteiger partial charge is 0.330 e. The van der Waals surface area contributed by atoms with Crippen LogP contribution in [0.3, 0.4) is 0 Å². The molecule has 3 unspecified atom stereocenters. The SMILES string of the molecule is CC(CN)c1ccc(CN2CCCC3CCCCC32)cc1. The van der Waals surface area contributed by atoms with Crippen molar-refractivity contribution < 1.29 is 0 Å². The molecule has 1 aliphatic carbocycles. The Bertz CT molecular complexity index is 437. The number of rotatable bonds is 4. The van der Waals surface area contributed by atoms with Crippen molar-refractivity contribution in [3.63, 3.8) is 0 Å². The number of nitrogens with zero attached hydrogens (tertiary/aromatic N) is 1. The third kappa shape index (κ3) is 3.49. The molecule has 0 aromatic heterocycles. The molecule has 2 heteroatoms. The van der Waals surface area contributed by atoms with Crippen LogP contribution < -0.4 is 5.73 Å². The highest BCUT2D eigenvalue weighted by Gasteiger charge is 2.32. The highest BCUT2D eigenvalue weighted by atomic mass is 15.2. The third-order valence-electron chi connectivity index (χ3n) is 5.65. The Kier molecular flexibility index (Phi) is 4.97. The Morgan fingerprint density at radius 2 is 1.81 bits per heavy atom. The summed E-state index contributed by atoms with van der Waals surface area (Å²) in [7, 11) is 0. The molecule has 1 saturated heterocycles. The van der Waals surface area contributed by atoms with Gasteiger partial charge in [-0.15, -0.1) is 0 Å². The molecule has 0 amide bonds. The van der Waals surface area contributed by atoms with E-state index in [0.29, 0.717) is 5.92 Å². The van der Waals surface area contributed by atoms with E-state index in [9.17, 15) is 0 Å². The number of likely N-dealkylation sites (tertiary alicyclic amines) is 1. The first-order valence-corrected chi connectivity index (χ1v) is 8.81. The van der Waals surface area contributed by atoms with Gasteiger partial charge >= 0.3 is 0 Å². The number of piperidine rings is 1. The minimum Gasteiger partial charge on any atom is -0.330 e. The Hall–Kier alpha value is -0.860. The van der Waals surface area contributed by atoms with E-state index in [4.69, 9.17) is 5.73 Å². The fourth-order valence-corrected chi connectivity index (χ4v) is 4.25. The molecular weight excluding hydrogens is 256 g/mol. The van der Waals surface area contributed by atoms with E-state index in [1.165, 1.54) is 56.2 Å². The minimum atomic E-state index is 0.469. The molecule has 3 atom stereocenters. The summed E-state index contributed by atoms with van der Waals surface area (Å²) in [5, 5.41) is 0. The molecule has 2 nitrogen and oxygen atoms in total. The summed E-state index contributed by atoms with van der Waals surface area (Å²) in [6, 6.07) is 10.0. The van der Waals surface area contributed by atoms with Crippen molar-refractivity contribution in [2.24, 2.45) is 11.7 Å². The normalized spacial score (nSPS) is 28.1. The standard InChI is InChI=1S/C19H30N2/c1-15(13-20)17-10-8-16(9-11-17)14-21-12-4-6-18-5-2-3-7-19(18)21/h8-11,15,18-19H,2-7,12-14,20H2,1H3. The van der Waals surface area contributed by atoms with Crippen LogP contribution in [0.1, 0.15) is 62.5 Å². The van der Waals surface area contributed by atoms with Crippen molar-refractivity contribution in [2.75, 3.05) is 13.1 Å². The zero-order valence-electron chi connectivity index (χ0n) is 13.4. The van der Waals surface area contributed by atoms with E-state index >= 15 is 0 Å². The lowest BCUT2D eigenvalue weighted by Crippen LogP contribution is -2.46. The second-order valence-corrected chi connectivity index (χ2v) is 7.10. The maximum Gasteiger partial charge on any atom is 0.0236 e. The Morgan fingerprint density at radius 3 is 2.57 bits per heavy atom. The molecule has 1 saturated carbocycles. The van der Waals surface area contributed by atoms with Crippen LogP contribution in [0.4, 0.5) is 0 Å². The van der Waals surface area contributed by atoms with Gasteiger partial charge in [0.15, 0.2) is 0 Å². The molecule has 1 aromatic rings. The van der Waals surface area contributed by atoms with E-state index in [1.54, 1.807) is 0 Å². The van der Waals surface area contributed by atoms with Gasteiger partial charge in [-0.05, 0) is 61.7 Å². The van der Waals surface area contributed by atoms with Gasteiger partial charge in [0.1, 0.15) is 0 Å². The van der Waals surface area contributed by atoms with Gasteiger partial charge in [-0.2, -0.15) is 0 Å². The Morgan fingerprint density at radius 1 is 1.10 bits per heavy atom. The van der Waals surface area contributed by atoms with Crippen molar-refractivity contribution in [2.45, 2.75) is 64.0 Å². The summed E-state index contributed by atoms with van der Waals surface area (Å²) >= 11 is 0. The predicted molar refractivity (Wildman–Crippen MR) is 89.3 cm³/mol. The molecule has 2 N–H and O–H groups in total. The summed E-state index contributed by atoms with van der Waals surface area (Å²) in [6.45, 7) is 5.36. The van der Waals surface area contributed by atoms with E-state index in [2.05, 4.69) is 36.1 Å². The highest BCUT2D eigenvalue weighted by Crippen LogP contribution is 2.35. The lowest BCUT2D eigenvalue weighted by molar-refractivity contribution is 0.0547. The van der Waals surface area contributed by atoms with Gasteiger partial charge in [0.2, 0.25) is 0 Å². The van der Waals surface area contributed by atoms with Crippen LogP contribution in [-0.4, -0.2) is 24.0 Å². The zero-order valence-corrected chi connectivity index (χ0v) is 13.4. The summed E-state index contributed by atoms with van der Waals surface area (Å²) < 4.78 is 0. The predicted octanol–water partition coefficient (Wildman–Crippen LogP) is 3.90. The van der Waals surface area contributed by atoms with Gasteiger partial charge < -0.3 is 5.73 Å². The van der Waals surface area contributed by atoms with Crippen molar-refractivity contribution in [1.82, 2.24) is 4.90 Å². The van der Waals surface area contributed by atoms with Gasteiger partial charge in [0, 0.05) is 12.6 Å². The summed E-state index contributed by atoms with van der Waals surface area (Å²) in [4.78, 5) is 2.76. The molecular formula is C19H30N2. The second-order valence-electron chi connectivity index (χ2n) is 7.10. The van der Waals surface area contributed by atoms with Crippen LogP contribution in [0.5, 0.6) is 0 Å². The zero-order chi connectivity index (χ0) is 14.7. The van der Waals surface area contributed by atoms with Crippen LogP contribution in [-0.2, 0) is 6.54 Å². The van der Waals surface area contributed by atoms with Crippen molar-refractivity contribution in [1.29, 1.82) is 0 Å². The number of fused-ring (bicyclic) bond motifs is 1. The van der Waals surface area contributed by atoms with Gasteiger partial charge in [-0.1, -0.05) is 44.0 Å². The van der Waals surface area contributed by atoms with Gasteiger partial charge in [-0.3, -0.25) is 4.90 Å². The average molecular weight is 286 g/mol. The minimum absolute atomic E-state index is 0.469. The molecule has 2 aliphatic rings. The number of hydrogen-bond donors (Lipinski definition) is 1.